The highest BCUT2D eigenvalue weighted by atomic mass is 35.5. The zero-order valence-electron chi connectivity index (χ0n) is 16.3. The molecule has 5 heteroatoms. The van der Waals surface area contributed by atoms with E-state index in [0.29, 0.717) is 18.1 Å². The molecule has 1 saturated carbocycles. The van der Waals surface area contributed by atoms with Gasteiger partial charge >= 0.3 is 0 Å². The van der Waals surface area contributed by atoms with Gasteiger partial charge in [0.05, 0.1) is 13.2 Å². The van der Waals surface area contributed by atoms with Crippen LogP contribution in [-0.2, 0) is 11.3 Å². The summed E-state index contributed by atoms with van der Waals surface area (Å²) in [4.78, 5) is 2.66. The lowest BCUT2D eigenvalue weighted by Crippen LogP contribution is -2.53. The molecule has 0 spiro atoms. The van der Waals surface area contributed by atoms with Crippen LogP contribution in [0.15, 0.2) is 24.3 Å². The van der Waals surface area contributed by atoms with E-state index < -0.39 is 0 Å². The van der Waals surface area contributed by atoms with Crippen molar-refractivity contribution in [3.63, 3.8) is 0 Å². The lowest BCUT2D eigenvalue weighted by atomic mass is 9.93. The molecule has 2 saturated heterocycles. The van der Waals surface area contributed by atoms with Crippen molar-refractivity contribution in [3.05, 3.63) is 34.9 Å². The number of nitrogens with zero attached hydrogens (tertiary/aromatic N) is 1. The Balaban J connectivity index is 1.32. The molecule has 2 N–H and O–H groups in total. The van der Waals surface area contributed by atoms with Gasteiger partial charge in [-0.3, -0.25) is 4.90 Å². The topological polar surface area (TPSA) is 36.5 Å². The standard InChI is InChI=1S/C22H34ClN3O/c23-18-6-3-5-17(13-18)15-26-11-2-1-7-19(26)14-25-21-9-4-8-20(21)22-16-27-12-10-24-22/h3,5-6,13,19-22,24-25H,1-2,4,7-12,14-16H2. The van der Waals surface area contributed by atoms with E-state index in [2.05, 4.69) is 33.7 Å². The van der Waals surface area contributed by atoms with E-state index in [9.17, 15) is 0 Å². The molecule has 1 aromatic carbocycles. The molecule has 3 fully saturated rings. The summed E-state index contributed by atoms with van der Waals surface area (Å²) in [6.07, 6.45) is 7.95. The zero-order valence-corrected chi connectivity index (χ0v) is 17.1. The van der Waals surface area contributed by atoms with Gasteiger partial charge in [-0.2, -0.15) is 0 Å². The van der Waals surface area contributed by atoms with Crippen LogP contribution in [-0.4, -0.2) is 55.9 Å². The average molecular weight is 392 g/mol. The summed E-state index contributed by atoms with van der Waals surface area (Å²) in [6, 6.07) is 10.1. The molecule has 2 heterocycles. The molecule has 4 nitrogen and oxygen atoms in total. The van der Waals surface area contributed by atoms with Crippen LogP contribution in [0, 0.1) is 5.92 Å². The smallest absolute Gasteiger partial charge is 0.0623 e. The van der Waals surface area contributed by atoms with Crippen LogP contribution < -0.4 is 10.6 Å². The van der Waals surface area contributed by atoms with Gasteiger partial charge in [-0.15, -0.1) is 0 Å². The number of morpholine rings is 1. The van der Waals surface area contributed by atoms with Crippen LogP contribution in [0.5, 0.6) is 0 Å². The first kappa shape index (κ1) is 19.7. The van der Waals surface area contributed by atoms with Crippen LogP contribution in [0.3, 0.4) is 0 Å². The van der Waals surface area contributed by atoms with E-state index in [4.69, 9.17) is 16.3 Å². The summed E-state index contributed by atoms with van der Waals surface area (Å²) in [5, 5.41) is 8.49. The Bertz CT molecular complexity index is 593. The highest BCUT2D eigenvalue weighted by Gasteiger charge is 2.35. The first-order valence-corrected chi connectivity index (χ1v) is 11.2. The van der Waals surface area contributed by atoms with Crippen molar-refractivity contribution < 1.29 is 4.74 Å². The molecule has 3 aliphatic rings. The first-order valence-electron chi connectivity index (χ1n) is 10.8. The number of nitrogens with one attached hydrogen (secondary N) is 2. The summed E-state index contributed by atoms with van der Waals surface area (Å²) >= 11 is 6.19. The Labute approximate surface area is 169 Å². The van der Waals surface area contributed by atoms with Crippen LogP contribution in [0.25, 0.3) is 0 Å². The van der Waals surface area contributed by atoms with Gasteiger partial charge < -0.3 is 15.4 Å². The van der Waals surface area contributed by atoms with E-state index in [1.807, 2.05) is 6.07 Å². The normalized spacial score (nSPS) is 32.6. The summed E-state index contributed by atoms with van der Waals surface area (Å²) in [5.41, 5.74) is 1.33. The quantitative estimate of drug-likeness (QED) is 0.778. The predicted octanol–water partition coefficient (Wildman–Crippen LogP) is 3.44. The van der Waals surface area contributed by atoms with Crippen molar-refractivity contribution in [2.75, 3.05) is 32.8 Å². The number of hydrogen-bond donors (Lipinski definition) is 2. The van der Waals surface area contributed by atoms with Gasteiger partial charge in [0.1, 0.15) is 0 Å². The fraction of sp³-hybridized carbons (Fsp3) is 0.727. The Morgan fingerprint density at radius 3 is 3.00 bits per heavy atom. The molecule has 0 amide bonds. The minimum Gasteiger partial charge on any atom is -0.379 e. The molecular formula is C22H34ClN3O. The third-order valence-electron chi connectivity index (χ3n) is 6.68. The summed E-state index contributed by atoms with van der Waals surface area (Å²) in [5.74, 6) is 0.718. The highest BCUT2D eigenvalue weighted by Crippen LogP contribution is 2.30. The molecule has 0 aromatic heterocycles. The van der Waals surface area contributed by atoms with Crippen LogP contribution in [0.4, 0.5) is 0 Å². The number of hydrogen-bond acceptors (Lipinski definition) is 4. The zero-order chi connectivity index (χ0) is 18.5. The second-order valence-electron chi connectivity index (χ2n) is 8.50. The van der Waals surface area contributed by atoms with Crippen molar-refractivity contribution in [2.45, 2.75) is 63.2 Å². The Hall–Kier alpha value is -0.650. The fourth-order valence-corrected chi connectivity index (χ4v) is 5.45. The monoisotopic (exact) mass is 391 g/mol. The predicted molar refractivity (Wildman–Crippen MR) is 111 cm³/mol. The molecule has 4 unspecified atom stereocenters. The van der Waals surface area contributed by atoms with Gasteiger partial charge in [0.25, 0.3) is 0 Å². The Morgan fingerprint density at radius 2 is 2.15 bits per heavy atom. The minimum atomic E-state index is 0.535. The van der Waals surface area contributed by atoms with Gasteiger partial charge in [0, 0.05) is 42.8 Å². The van der Waals surface area contributed by atoms with E-state index >= 15 is 0 Å². The van der Waals surface area contributed by atoms with E-state index in [-0.39, 0.29) is 0 Å². The van der Waals surface area contributed by atoms with Gasteiger partial charge in [0.15, 0.2) is 0 Å². The molecule has 1 aliphatic carbocycles. The molecular weight excluding hydrogens is 358 g/mol. The lowest BCUT2D eigenvalue weighted by Gasteiger charge is -2.38. The van der Waals surface area contributed by atoms with Crippen molar-refractivity contribution in [3.8, 4) is 0 Å². The van der Waals surface area contributed by atoms with E-state index in [1.54, 1.807) is 0 Å². The molecule has 27 heavy (non-hydrogen) atoms. The third-order valence-corrected chi connectivity index (χ3v) is 6.91. The minimum absolute atomic E-state index is 0.535. The Kier molecular flexibility index (Phi) is 7.07. The molecule has 4 rings (SSSR count). The second kappa shape index (κ2) is 9.71. The van der Waals surface area contributed by atoms with E-state index in [1.165, 1.54) is 50.6 Å². The van der Waals surface area contributed by atoms with Crippen molar-refractivity contribution in [2.24, 2.45) is 5.92 Å². The summed E-state index contributed by atoms with van der Waals surface area (Å²) in [7, 11) is 0. The van der Waals surface area contributed by atoms with Crippen LogP contribution in [0.2, 0.25) is 5.02 Å². The SMILES string of the molecule is Clc1cccc(CN2CCCCC2CNC2CCCC2C2COCCN2)c1. The average Bonchev–Trinajstić information content (AvgIpc) is 3.17. The maximum absolute atomic E-state index is 6.19. The molecule has 1 aromatic rings. The van der Waals surface area contributed by atoms with Gasteiger partial charge in [-0.25, -0.2) is 0 Å². The van der Waals surface area contributed by atoms with Crippen LogP contribution >= 0.6 is 11.6 Å². The highest BCUT2D eigenvalue weighted by molar-refractivity contribution is 6.30. The molecule has 150 valence electrons. The van der Waals surface area contributed by atoms with Crippen molar-refractivity contribution in [1.82, 2.24) is 15.5 Å². The fourth-order valence-electron chi connectivity index (χ4n) is 5.24. The number of benzene rings is 1. The molecule has 0 bridgehead atoms. The van der Waals surface area contributed by atoms with Gasteiger partial charge in [-0.05, 0) is 55.8 Å². The number of piperidine rings is 1. The van der Waals surface area contributed by atoms with Crippen LogP contribution in [0.1, 0.15) is 44.1 Å². The van der Waals surface area contributed by atoms with E-state index in [0.717, 1.165) is 43.8 Å². The first-order chi connectivity index (χ1) is 13.3. The number of halogens is 1. The lowest BCUT2D eigenvalue weighted by molar-refractivity contribution is 0.0512. The molecule has 0 radical (unpaired) electrons. The third kappa shape index (κ3) is 5.24. The molecule has 2 aliphatic heterocycles. The molecule has 4 atom stereocenters. The largest absolute Gasteiger partial charge is 0.379 e. The van der Waals surface area contributed by atoms with Gasteiger partial charge in [-0.1, -0.05) is 36.6 Å². The number of rotatable bonds is 6. The Morgan fingerprint density at radius 1 is 1.19 bits per heavy atom. The maximum atomic E-state index is 6.19. The summed E-state index contributed by atoms with van der Waals surface area (Å²) in [6.45, 7) is 6.07. The summed E-state index contributed by atoms with van der Waals surface area (Å²) < 4.78 is 5.72. The number of likely N-dealkylation sites (tertiary alicyclic amines) is 1. The second-order valence-corrected chi connectivity index (χ2v) is 8.93. The number of ether oxygens (including phenoxy) is 1. The van der Waals surface area contributed by atoms with Gasteiger partial charge in [0.2, 0.25) is 0 Å². The maximum Gasteiger partial charge on any atom is 0.0623 e. The van der Waals surface area contributed by atoms with Crippen molar-refractivity contribution in [1.29, 1.82) is 0 Å². The van der Waals surface area contributed by atoms with Crippen molar-refractivity contribution >= 4 is 11.6 Å².